The second-order valence-corrected chi connectivity index (χ2v) is 5.40. The normalized spacial score (nSPS) is 19.9. The summed E-state index contributed by atoms with van der Waals surface area (Å²) in [7, 11) is 0. The Morgan fingerprint density at radius 1 is 1.33 bits per heavy atom. The van der Waals surface area contributed by atoms with Crippen molar-refractivity contribution >= 4 is 11.6 Å². The molecule has 1 N–H and O–H groups in total. The Labute approximate surface area is 96.8 Å². The molecule has 0 radical (unpaired) electrons. The van der Waals surface area contributed by atoms with Gasteiger partial charge in [-0.3, -0.25) is 0 Å². The second kappa shape index (κ2) is 4.15. The largest absolute Gasteiger partial charge is 0.310 e. The molecular weight excluding hydrogens is 206 g/mol. The van der Waals surface area contributed by atoms with Gasteiger partial charge in [0, 0.05) is 17.6 Å². The molecule has 0 aliphatic heterocycles. The van der Waals surface area contributed by atoms with Crippen molar-refractivity contribution in [1.82, 2.24) is 5.32 Å². The molecule has 0 heterocycles. The topological polar surface area (TPSA) is 12.0 Å². The molecule has 2 heteroatoms. The van der Waals surface area contributed by atoms with Gasteiger partial charge >= 0.3 is 0 Å². The number of benzene rings is 1. The first-order valence-electron chi connectivity index (χ1n) is 5.58. The maximum Gasteiger partial charge on any atom is 0.0406 e. The van der Waals surface area contributed by atoms with Gasteiger partial charge in [-0.1, -0.05) is 30.7 Å². The van der Waals surface area contributed by atoms with Crippen molar-refractivity contribution in [3.8, 4) is 0 Å². The molecule has 1 unspecified atom stereocenters. The molecular formula is C13H18ClN. The van der Waals surface area contributed by atoms with Gasteiger partial charge in [-0.2, -0.15) is 0 Å². The van der Waals surface area contributed by atoms with Crippen LogP contribution < -0.4 is 5.32 Å². The van der Waals surface area contributed by atoms with Crippen molar-refractivity contribution in [3.05, 3.63) is 34.9 Å². The summed E-state index contributed by atoms with van der Waals surface area (Å²) in [6, 6.07) is 8.51. The van der Waals surface area contributed by atoms with Crippen LogP contribution in [0.1, 0.15) is 38.3 Å². The van der Waals surface area contributed by atoms with Gasteiger partial charge in [-0.15, -0.1) is 0 Å². The summed E-state index contributed by atoms with van der Waals surface area (Å²) in [5.41, 5.74) is 1.88. The molecule has 0 aromatic heterocycles. The van der Waals surface area contributed by atoms with Crippen LogP contribution in [0.2, 0.25) is 5.02 Å². The quantitative estimate of drug-likeness (QED) is 0.819. The van der Waals surface area contributed by atoms with E-state index in [0.717, 1.165) is 11.6 Å². The summed E-state index contributed by atoms with van der Waals surface area (Å²) in [5, 5.41) is 4.38. The first kappa shape index (κ1) is 11.0. The Kier molecular flexibility index (Phi) is 3.03. The van der Waals surface area contributed by atoms with Gasteiger partial charge in [-0.05, 0) is 42.9 Å². The van der Waals surface area contributed by atoms with E-state index in [1.54, 1.807) is 0 Å². The predicted molar refractivity (Wildman–Crippen MR) is 65.2 cm³/mol. The van der Waals surface area contributed by atoms with Crippen LogP contribution in [0.15, 0.2) is 24.3 Å². The molecule has 1 aliphatic rings. The third-order valence-electron chi connectivity index (χ3n) is 3.31. The van der Waals surface area contributed by atoms with Crippen molar-refractivity contribution in [3.63, 3.8) is 0 Å². The zero-order valence-electron chi connectivity index (χ0n) is 9.39. The Hall–Kier alpha value is -0.530. The Morgan fingerprint density at radius 3 is 2.47 bits per heavy atom. The molecule has 0 bridgehead atoms. The fraction of sp³-hybridized carbons (Fsp3) is 0.538. The molecule has 1 aliphatic carbocycles. The molecule has 1 saturated carbocycles. The highest BCUT2D eigenvalue weighted by Gasteiger charge is 2.36. The lowest BCUT2D eigenvalue weighted by Crippen LogP contribution is -2.25. The standard InChI is InChI=1S/C13H18ClN/c1-10(15-9-13(2)7-8-13)11-3-5-12(14)6-4-11/h3-6,10,15H,7-9H2,1-2H3. The number of hydrogen-bond donors (Lipinski definition) is 1. The lowest BCUT2D eigenvalue weighted by molar-refractivity contribution is 0.457. The van der Waals surface area contributed by atoms with Crippen LogP contribution >= 0.6 is 11.6 Å². The fourth-order valence-electron chi connectivity index (χ4n) is 1.66. The number of nitrogens with one attached hydrogen (secondary N) is 1. The Balaban J connectivity index is 1.89. The van der Waals surface area contributed by atoms with E-state index in [4.69, 9.17) is 11.6 Å². The van der Waals surface area contributed by atoms with Crippen LogP contribution in [0, 0.1) is 5.41 Å². The summed E-state index contributed by atoms with van der Waals surface area (Å²) in [6.07, 6.45) is 2.74. The van der Waals surface area contributed by atoms with E-state index in [0.29, 0.717) is 11.5 Å². The molecule has 0 spiro atoms. The highest BCUT2D eigenvalue weighted by molar-refractivity contribution is 6.30. The highest BCUT2D eigenvalue weighted by Crippen LogP contribution is 2.44. The average molecular weight is 224 g/mol. The van der Waals surface area contributed by atoms with Crippen LogP contribution in [-0.4, -0.2) is 6.54 Å². The first-order valence-corrected chi connectivity index (χ1v) is 5.96. The van der Waals surface area contributed by atoms with E-state index in [1.807, 2.05) is 12.1 Å². The summed E-state index contributed by atoms with van der Waals surface area (Å²) in [6.45, 7) is 5.67. The van der Waals surface area contributed by atoms with Gasteiger partial charge in [0.1, 0.15) is 0 Å². The van der Waals surface area contributed by atoms with E-state index in [-0.39, 0.29) is 0 Å². The molecule has 2 rings (SSSR count). The number of halogens is 1. The minimum Gasteiger partial charge on any atom is -0.310 e. The maximum atomic E-state index is 5.86. The summed E-state index contributed by atoms with van der Waals surface area (Å²) >= 11 is 5.86. The maximum absolute atomic E-state index is 5.86. The van der Waals surface area contributed by atoms with Crippen LogP contribution in [0.5, 0.6) is 0 Å². The molecule has 15 heavy (non-hydrogen) atoms. The second-order valence-electron chi connectivity index (χ2n) is 4.96. The molecule has 1 atom stereocenters. The van der Waals surface area contributed by atoms with Crippen molar-refractivity contribution in [1.29, 1.82) is 0 Å². The van der Waals surface area contributed by atoms with E-state index in [1.165, 1.54) is 18.4 Å². The van der Waals surface area contributed by atoms with E-state index in [2.05, 4.69) is 31.3 Å². The summed E-state index contributed by atoms with van der Waals surface area (Å²) in [4.78, 5) is 0. The third kappa shape index (κ3) is 2.96. The summed E-state index contributed by atoms with van der Waals surface area (Å²) in [5.74, 6) is 0. The Morgan fingerprint density at radius 2 is 1.93 bits per heavy atom. The SMILES string of the molecule is CC(NCC1(C)CC1)c1ccc(Cl)cc1. The molecule has 82 valence electrons. The zero-order valence-corrected chi connectivity index (χ0v) is 10.1. The van der Waals surface area contributed by atoms with Crippen molar-refractivity contribution in [2.45, 2.75) is 32.7 Å². The van der Waals surface area contributed by atoms with Crippen molar-refractivity contribution < 1.29 is 0 Å². The summed E-state index contributed by atoms with van der Waals surface area (Å²) < 4.78 is 0. The number of hydrogen-bond acceptors (Lipinski definition) is 1. The Bertz CT molecular complexity index is 327. The van der Waals surface area contributed by atoms with Gasteiger partial charge in [0.25, 0.3) is 0 Å². The third-order valence-corrected chi connectivity index (χ3v) is 3.56. The first-order chi connectivity index (χ1) is 7.09. The number of rotatable bonds is 4. The van der Waals surface area contributed by atoms with Crippen LogP contribution in [0.25, 0.3) is 0 Å². The van der Waals surface area contributed by atoms with E-state index < -0.39 is 0 Å². The minimum absolute atomic E-state index is 0.416. The molecule has 1 fully saturated rings. The molecule has 1 aromatic carbocycles. The van der Waals surface area contributed by atoms with Crippen LogP contribution in [-0.2, 0) is 0 Å². The zero-order chi connectivity index (χ0) is 10.9. The van der Waals surface area contributed by atoms with Gasteiger partial charge < -0.3 is 5.32 Å². The van der Waals surface area contributed by atoms with Crippen LogP contribution in [0.3, 0.4) is 0 Å². The predicted octanol–water partition coefficient (Wildman–Crippen LogP) is 3.79. The minimum atomic E-state index is 0.416. The average Bonchev–Trinajstić information content (AvgIpc) is 2.95. The monoisotopic (exact) mass is 223 g/mol. The fourth-order valence-corrected chi connectivity index (χ4v) is 1.78. The van der Waals surface area contributed by atoms with E-state index >= 15 is 0 Å². The smallest absolute Gasteiger partial charge is 0.0406 e. The highest BCUT2D eigenvalue weighted by atomic mass is 35.5. The molecule has 0 amide bonds. The van der Waals surface area contributed by atoms with Gasteiger partial charge in [0.05, 0.1) is 0 Å². The van der Waals surface area contributed by atoms with E-state index in [9.17, 15) is 0 Å². The van der Waals surface area contributed by atoms with Gasteiger partial charge in [0.15, 0.2) is 0 Å². The lowest BCUT2D eigenvalue weighted by Gasteiger charge is -2.17. The molecule has 0 saturated heterocycles. The lowest BCUT2D eigenvalue weighted by atomic mass is 10.1. The van der Waals surface area contributed by atoms with Crippen molar-refractivity contribution in [2.75, 3.05) is 6.54 Å². The van der Waals surface area contributed by atoms with Gasteiger partial charge in [-0.25, -0.2) is 0 Å². The van der Waals surface area contributed by atoms with Crippen LogP contribution in [0.4, 0.5) is 0 Å². The van der Waals surface area contributed by atoms with Gasteiger partial charge in [0.2, 0.25) is 0 Å². The molecule has 1 aromatic rings. The molecule has 1 nitrogen and oxygen atoms in total. The van der Waals surface area contributed by atoms with Crippen molar-refractivity contribution in [2.24, 2.45) is 5.41 Å².